The molecule has 2 atom stereocenters. The van der Waals surface area contributed by atoms with Gasteiger partial charge in [-0.3, -0.25) is 9.59 Å². The number of aromatic amines is 1. The summed E-state index contributed by atoms with van der Waals surface area (Å²) in [5.74, 6) is -1.07. The maximum Gasteiger partial charge on any atom is 0.354 e. The highest BCUT2D eigenvalue weighted by Crippen LogP contribution is 2.28. The average molecular weight is 383 g/mol. The SMILES string of the molecule is CCOC(=O)c1ccc(C(=O)N2Cc3ccccc3NC(=O)[C@@H]2[C@@H](C)CC)[nH]1. The lowest BCUT2D eigenvalue weighted by Gasteiger charge is -2.32. The number of para-hydroxylation sites is 1. The van der Waals surface area contributed by atoms with Gasteiger partial charge in [0.05, 0.1) is 6.61 Å². The molecule has 1 aliphatic heterocycles. The van der Waals surface area contributed by atoms with Crippen LogP contribution in [0.25, 0.3) is 0 Å². The van der Waals surface area contributed by atoms with E-state index in [1.54, 1.807) is 17.9 Å². The molecule has 1 aliphatic rings. The molecule has 0 saturated carbocycles. The maximum atomic E-state index is 13.3. The molecule has 0 radical (unpaired) electrons. The van der Waals surface area contributed by atoms with Crippen LogP contribution in [-0.2, 0) is 16.1 Å². The number of amides is 2. The lowest BCUT2D eigenvalue weighted by molar-refractivity contribution is -0.122. The van der Waals surface area contributed by atoms with Gasteiger partial charge >= 0.3 is 5.97 Å². The highest BCUT2D eigenvalue weighted by atomic mass is 16.5. The van der Waals surface area contributed by atoms with Crippen LogP contribution in [0.15, 0.2) is 36.4 Å². The van der Waals surface area contributed by atoms with Gasteiger partial charge in [-0.1, -0.05) is 38.5 Å². The number of H-pyrrole nitrogens is 1. The van der Waals surface area contributed by atoms with Crippen LogP contribution in [0.4, 0.5) is 5.69 Å². The van der Waals surface area contributed by atoms with Gasteiger partial charge in [0, 0.05) is 12.2 Å². The molecule has 0 saturated heterocycles. The Morgan fingerprint density at radius 2 is 1.89 bits per heavy atom. The van der Waals surface area contributed by atoms with Crippen molar-refractivity contribution in [1.29, 1.82) is 0 Å². The number of hydrogen-bond donors (Lipinski definition) is 2. The molecule has 1 aromatic carbocycles. The molecular weight excluding hydrogens is 358 g/mol. The highest BCUT2D eigenvalue weighted by Gasteiger charge is 2.37. The van der Waals surface area contributed by atoms with Crippen molar-refractivity contribution in [2.45, 2.75) is 39.8 Å². The van der Waals surface area contributed by atoms with Crippen molar-refractivity contribution in [3.8, 4) is 0 Å². The molecule has 0 aliphatic carbocycles. The second-order valence-corrected chi connectivity index (χ2v) is 6.92. The van der Waals surface area contributed by atoms with E-state index in [9.17, 15) is 14.4 Å². The molecule has 7 heteroatoms. The standard InChI is InChI=1S/C21H25N3O4/c1-4-13(3)18-19(25)23-15-9-7-6-8-14(15)12-24(18)20(26)16-10-11-17(22-16)21(27)28-5-2/h6-11,13,18,22H,4-5,12H2,1-3H3,(H,23,25)/t13-,18-/m0/s1. The van der Waals surface area contributed by atoms with Crippen molar-refractivity contribution in [2.24, 2.45) is 5.92 Å². The first-order chi connectivity index (χ1) is 13.5. The average Bonchev–Trinajstić information content (AvgIpc) is 3.13. The Hall–Kier alpha value is -3.09. The fraction of sp³-hybridized carbons (Fsp3) is 0.381. The van der Waals surface area contributed by atoms with Crippen LogP contribution in [0, 0.1) is 5.92 Å². The molecule has 0 spiro atoms. The molecule has 0 bridgehead atoms. The molecule has 0 fully saturated rings. The normalized spacial score (nSPS) is 17.3. The van der Waals surface area contributed by atoms with E-state index in [1.807, 2.05) is 38.1 Å². The van der Waals surface area contributed by atoms with Crippen LogP contribution >= 0.6 is 0 Å². The predicted molar refractivity (Wildman–Crippen MR) is 105 cm³/mol. The molecule has 7 nitrogen and oxygen atoms in total. The van der Waals surface area contributed by atoms with Gasteiger partial charge in [-0.05, 0) is 36.6 Å². The van der Waals surface area contributed by atoms with Crippen molar-refractivity contribution in [2.75, 3.05) is 11.9 Å². The molecule has 1 aromatic heterocycles. The van der Waals surface area contributed by atoms with Crippen molar-refractivity contribution in [1.82, 2.24) is 9.88 Å². The Balaban J connectivity index is 1.96. The van der Waals surface area contributed by atoms with E-state index in [2.05, 4.69) is 10.3 Å². The van der Waals surface area contributed by atoms with Crippen LogP contribution in [0.2, 0.25) is 0 Å². The van der Waals surface area contributed by atoms with E-state index in [1.165, 1.54) is 6.07 Å². The fourth-order valence-corrected chi connectivity index (χ4v) is 3.40. The topological polar surface area (TPSA) is 91.5 Å². The molecule has 2 heterocycles. The van der Waals surface area contributed by atoms with Crippen molar-refractivity contribution in [3.63, 3.8) is 0 Å². The van der Waals surface area contributed by atoms with Gasteiger partial charge in [0.25, 0.3) is 5.91 Å². The Labute approximate surface area is 164 Å². The summed E-state index contributed by atoms with van der Waals surface area (Å²) in [6, 6.07) is 9.93. The van der Waals surface area contributed by atoms with Gasteiger partial charge in [-0.25, -0.2) is 4.79 Å². The van der Waals surface area contributed by atoms with Gasteiger partial charge in [0.15, 0.2) is 0 Å². The monoisotopic (exact) mass is 383 g/mol. The second-order valence-electron chi connectivity index (χ2n) is 6.92. The minimum Gasteiger partial charge on any atom is -0.461 e. The summed E-state index contributed by atoms with van der Waals surface area (Å²) < 4.78 is 4.97. The van der Waals surface area contributed by atoms with Gasteiger partial charge in [0.1, 0.15) is 17.4 Å². The number of esters is 1. The Kier molecular flexibility index (Phi) is 5.82. The van der Waals surface area contributed by atoms with Crippen LogP contribution in [-0.4, -0.2) is 40.3 Å². The molecular formula is C21H25N3O4. The van der Waals surface area contributed by atoms with Gasteiger partial charge in [-0.2, -0.15) is 0 Å². The number of carbonyl (C=O) groups excluding carboxylic acids is 3. The highest BCUT2D eigenvalue weighted by molar-refractivity contribution is 6.02. The molecule has 148 valence electrons. The van der Waals surface area contributed by atoms with Crippen molar-refractivity contribution < 1.29 is 19.1 Å². The van der Waals surface area contributed by atoms with E-state index >= 15 is 0 Å². The molecule has 3 rings (SSSR count). The first-order valence-corrected chi connectivity index (χ1v) is 9.52. The molecule has 2 aromatic rings. The third-order valence-corrected chi connectivity index (χ3v) is 5.08. The van der Waals surface area contributed by atoms with E-state index in [0.29, 0.717) is 6.54 Å². The minimum absolute atomic E-state index is 0.0299. The zero-order chi connectivity index (χ0) is 20.3. The number of nitrogens with one attached hydrogen (secondary N) is 2. The number of fused-ring (bicyclic) bond motifs is 1. The Morgan fingerprint density at radius 1 is 1.18 bits per heavy atom. The largest absolute Gasteiger partial charge is 0.461 e. The Bertz CT molecular complexity index is 889. The number of hydrogen-bond acceptors (Lipinski definition) is 4. The second kappa shape index (κ2) is 8.29. The first-order valence-electron chi connectivity index (χ1n) is 9.52. The molecule has 2 amide bonds. The summed E-state index contributed by atoms with van der Waals surface area (Å²) >= 11 is 0. The number of aromatic nitrogens is 1. The fourth-order valence-electron chi connectivity index (χ4n) is 3.40. The summed E-state index contributed by atoms with van der Waals surface area (Å²) in [7, 11) is 0. The maximum absolute atomic E-state index is 13.3. The summed E-state index contributed by atoms with van der Waals surface area (Å²) in [6.45, 7) is 6.22. The van der Waals surface area contributed by atoms with Crippen LogP contribution in [0.1, 0.15) is 53.7 Å². The van der Waals surface area contributed by atoms with Crippen LogP contribution in [0.3, 0.4) is 0 Å². The smallest absolute Gasteiger partial charge is 0.354 e. The summed E-state index contributed by atoms with van der Waals surface area (Å²) in [4.78, 5) is 42.5. The predicted octanol–water partition coefficient (Wildman–Crippen LogP) is 3.20. The summed E-state index contributed by atoms with van der Waals surface area (Å²) in [6.07, 6.45) is 0.747. The van der Waals surface area contributed by atoms with E-state index in [-0.39, 0.29) is 35.7 Å². The third kappa shape index (κ3) is 3.78. The van der Waals surface area contributed by atoms with Crippen molar-refractivity contribution in [3.05, 3.63) is 53.3 Å². The van der Waals surface area contributed by atoms with E-state index in [0.717, 1.165) is 17.7 Å². The lowest BCUT2D eigenvalue weighted by Crippen LogP contribution is -2.49. The number of carbonyl (C=O) groups is 3. The van der Waals surface area contributed by atoms with Gasteiger partial charge in [0.2, 0.25) is 5.91 Å². The number of anilines is 1. The number of nitrogens with zero attached hydrogens (tertiary/aromatic N) is 1. The Morgan fingerprint density at radius 3 is 2.61 bits per heavy atom. The van der Waals surface area contributed by atoms with E-state index < -0.39 is 12.0 Å². The van der Waals surface area contributed by atoms with Crippen LogP contribution in [0.5, 0.6) is 0 Å². The van der Waals surface area contributed by atoms with Gasteiger partial charge < -0.3 is 19.9 Å². The zero-order valence-corrected chi connectivity index (χ0v) is 16.3. The minimum atomic E-state index is -0.612. The van der Waals surface area contributed by atoms with E-state index in [4.69, 9.17) is 4.74 Å². The zero-order valence-electron chi connectivity index (χ0n) is 16.3. The number of benzene rings is 1. The summed E-state index contributed by atoms with van der Waals surface area (Å²) in [5, 5.41) is 2.95. The first kappa shape index (κ1) is 19.7. The summed E-state index contributed by atoms with van der Waals surface area (Å²) in [5.41, 5.74) is 2.05. The molecule has 0 unspecified atom stereocenters. The van der Waals surface area contributed by atoms with Gasteiger partial charge in [-0.15, -0.1) is 0 Å². The quantitative estimate of drug-likeness (QED) is 0.776. The number of rotatable bonds is 5. The van der Waals surface area contributed by atoms with Crippen LogP contribution < -0.4 is 5.32 Å². The third-order valence-electron chi connectivity index (χ3n) is 5.08. The number of ether oxygens (including phenoxy) is 1. The molecule has 28 heavy (non-hydrogen) atoms. The molecule has 2 N–H and O–H groups in total. The lowest BCUT2D eigenvalue weighted by atomic mass is 9.96. The van der Waals surface area contributed by atoms with Crippen molar-refractivity contribution >= 4 is 23.5 Å².